The Morgan fingerprint density at radius 3 is 1.94 bits per heavy atom. The summed E-state index contributed by atoms with van der Waals surface area (Å²) in [5.41, 5.74) is 3.29. The second kappa shape index (κ2) is 11.1. The normalized spacial score (nSPS) is 15.0. The molecule has 2 rings (SSSR count). The lowest BCUT2D eigenvalue weighted by molar-refractivity contribution is -0.139. The minimum absolute atomic E-state index is 0.0114. The molecule has 1 N–H and O–H groups in total. The summed E-state index contributed by atoms with van der Waals surface area (Å²) in [6, 6.07) is 7.44. The number of nitrogens with one attached hydrogen (secondary N) is 1. The zero-order chi connectivity index (χ0) is 24.8. The van der Waals surface area contributed by atoms with Crippen LogP contribution in [0.3, 0.4) is 0 Å². The summed E-state index contributed by atoms with van der Waals surface area (Å²) in [6.45, 7) is 13.5. The van der Waals surface area contributed by atoms with Crippen molar-refractivity contribution in [1.82, 2.24) is 5.32 Å². The largest absolute Gasteiger partial charge is 0.463 e. The first-order chi connectivity index (χ1) is 15.5. The van der Waals surface area contributed by atoms with Gasteiger partial charge in [-0.25, -0.2) is 9.59 Å². The van der Waals surface area contributed by atoms with Crippen LogP contribution in [0, 0.1) is 5.41 Å². The molecule has 178 valence electrons. The fraction of sp³-hybridized carbons (Fsp3) is 0.444. The van der Waals surface area contributed by atoms with Gasteiger partial charge in [0.25, 0.3) is 0 Å². The molecule has 0 atom stereocenters. The molecule has 0 saturated carbocycles. The predicted molar refractivity (Wildman–Crippen MR) is 129 cm³/mol. The lowest BCUT2D eigenvalue weighted by atomic mass is 9.78. The number of rotatable bonds is 8. The molecule has 1 aliphatic heterocycles. The van der Waals surface area contributed by atoms with Crippen molar-refractivity contribution in [2.24, 2.45) is 5.41 Å². The number of ketones is 1. The van der Waals surface area contributed by atoms with Gasteiger partial charge in [0, 0.05) is 17.8 Å². The quantitative estimate of drug-likeness (QED) is 0.437. The Balaban J connectivity index is 2.65. The van der Waals surface area contributed by atoms with Crippen LogP contribution < -0.4 is 5.32 Å². The van der Waals surface area contributed by atoms with Gasteiger partial charge in [0.2, 0.25) is 0 Å². The number of carbonyl (C=O) groups excluding carboxylic acids is 3. The summed E-state index contributed by atoms with van der Waals surface area (Å²) in [5.74, 6) is -1.67. The molecular weight excluding hydrogens is 418 g/mol. The van der Waals surface area contributed by atoms with E-state index in [1.54, 1.807) is 39.8 Å². The number of hydrogen-bond acceptors (Lipinski definition) is 6. The first kappa shape index (κ1) is 26.1. The zero-order valence-corrected chi connectivity index (χ0v) is 20.7. The fourth-order valence-electron chi connectivity index (χ4n) is 3.95. The van der Waals surface area contributed by atoms with Gasteiger partial charge in [-0.3, -0.25) is 4.79 Å². The van der Waals surface area contributed by atoms with E-state index in [0.29, 0.717) is 29.0 Å². The molecule has 1 aromatic rings. The van der Waals surface area contributed by atoms with Gasteiger partial charge in [0.15, 0.2) is 5.78 Å². The number of ether oxygens (including phenoxy) is 2. The average Bonchev–Trinajstić information content (AvgIpc) is 2.71. The zero-order valence-electron chi connectivity index (χ0n) is 20.7. The van der Waals surface area contributed by atoms with Crippen LogP contribution in [0.2, 0.25) is 0 Å². The van der Waals surface area contributed by atoms with Crippen molar-refractivity contribution in [2.45, 2.75) is 60.8 Å². The molecule has 6 heteroatoms. The second-order valence-electron chi connectivity index (χ2n) is 9.24. The van der Waals surface area contributed by atoms with Crippen molar-refractivity contribution in [2.75, 3.05) is 13.2 Å². The highest BCUT2D eigenvalue weighted by Crippen LogP contribution is 2.41. The number of hydrogen-bond donors (Lipinski definition) is 1. The van der Waals surface area contributed by atoms with Crippen molar-refractivity contribution in [3.05, 3.63) is 64.0 Å². The van der Waals surface area contributed by atoms with Crippen LogP contribution in [0.25, 0.3) is 6.08 Å². The van der Waals surface area contributed by atoms with Crippen LogP contribution in [-0.2, 0) is 23.9 Å². The molecule has 0 aromatic heterocycles. The Labute approximate surface area is 196 Å². The van der Waals surface area contributed by atoms with Crippen molar-refractivity contribution < 1.29 is 23.9 Å². The summed E-state index contributed by atoms with van der Waals surface area (Å²) >= 11 is 0. The molecule has 6 nitrogen and oxygen atoms in total. The molecule has 1 aromatic carbocycles. The van der Waals surface area contributed by atoms with Crippen LogP contribution in [0.15, 0.2) is 52.9 Å². The summed E-state index contributed by atoms with van der Waals surface area (Å²) in [5, 5.41) is 3.14. The van der Waals surface area contributed by atoms with Crippen molar-refractivity contribution >= 4 is 23.8 Å². The van der Waals surface area contributed by atoms with E-state index < -0.39 is 17.9 Å². The minimum atomic E-state index is -0.692. The van der Waals surface area contributed by atoms with Gasteiger partial charge in [0.05, 0.1) is 30.3 Å². The summed E-state index contributed by atoms with van der Waals surface area (Å²) in [7, 11) is 0. The van der Waals surface area contributed by atoms with Crippen LogP contribution in [0.1, 0.15) is 71.9 Å². The molecule has 0 spiro atoms. The number of carbonyl (C=O) groups is 3. The monoisotopic (exact) mass is 453 g/mol. The van der Waals surface area contributed by atoms with E-state index >= 15 is 0 Å². The molecular formula is C27H35NO5. The van der Waals surface area contributed by atoms with Gasteiger partial charge in [-0.1, -0.05) is 51.1 Å². The first-order valence-electron chi connectivity index (χ1n) is 11.3. The molecule has 0 bridgehead atoms. The van der Waals surface area contributed by atoms with E-state index in [1.165, 1.54) is 0 Å². The lowest BCUT2D eigenvalue weighted by Crippen LogP contribution is -2.32. The van der Waals surface area contributed by atoms with Crippen molar-refractivity contribution in [3.63, 3.8) is 0 Å². The van der Waals surface area contributed by atoms with Crippen molar-refractivity contribution in [3.8, 4) is 0 Å². The third-order valence-corrected chi connectivity index (χ3v) is 5.21. The van der Waals surface area contributed by atoms with Gasteiger partial charge in [0.1, 0.15) is 0 Å². The fourth-order valence-corrected chi connectivity index (χ4v) is 3.95. The molecule has 0 radical (unpaired) electrons. The highest BCUT2D eigenvalue weighted by Gasteiger charge is 2.38. The SMILES string of the molecule is CCOC(=O)C1=C(C)NC(C)=C(C(=O)OCC)C1c1ccccc1/C=C/C(=O)CC(C)(C)C. The Bertz CT molecular complexity index is 968. The van der Waals surface area contributed by atoms with Crippen LogP contribution >= 0.6 is 0 Å². The summed E-state index contributed by atoms with van der Waals surface area (Å²) in [4.78, 5) is 38.5. The standard InChI is InChI=1S/C27H35NO5/c1-8-32-25(30)22-17(3)28-18(4)23(26(31)33-9-2)24(22)21-13-11-10-12-19(21)14-15-20(29)16-27(5,6)7/h10-15,24,28H,8-9,16H2,1-7H3/b15-14+. The second-order valence-corrected chi connectivity index (χ2v) is 9.24. The molecule has 33 heavy (non-hydrogen) atoms. The summed E-state index contributed by atoms with van der Waals surface area (Å²) in [6.07, 6.45) is 3.73. The number of allylic oxidation sites excluding steroid dienone is 3. The van der Waals surface area contributed by atoms with Gasteiger partial charge < -0.3 is 14.8 Å². The topological polar surface area (TPSA) is 81.7 Å². The summed E-state index contributed by atoms with van der Waals surface area (Å²) < 4.78 is 10.7. The third kappa shape index (κ3) is 6.67. The van der Waals surface area contributed by atoms with E-state index in [9.17, 15) is 14.4 Å². The Morgan fingerprint density at radius 1 is 0.939 bits per heavy atom. The smallest absolute Gasteiger partial charge is 0.336 e. The minimum Gasteiger partial charge on any atom is -0.463 e. The van der Waals surface area contributed by atoms with Gasteiger partial charge in [-0.05, 0) is 50.3 Å². The van der Waals surface area contributed by atoms with Gasteiger partial charge in [-0.15, -0.1) is 0 Å². The van der Waals surface area contributed by atoms with E-state index in [4.69, 9.17) is 9.47 Å². The predicted octanol–water partition coefficient (Wildman–Crippen LogP) is 5.07. The van der Waals surface area contributed by atoms with E-state index in [-0.39, 0.29) is 24.4 Å². The molecule has 1 aliphatic rings. The van der Waals surface area contributed by atoms with Crippen LogP contribution in [0.4, 0.5) is 0 Å². The first-order valence-corrected chi connectivity index (χ1v) is 11.3. The van der Waals surface area contributed by atoms with E-state index in [1.807, 2.05) is 45.0 Å². The van der Waals surface area contributed by atoms with Gasteiger partial charge >= 0.3 is 11.9 Å². The molecule has 0 unspecified atom stereocenters. The van der Waals surface area contributed by atoms with Gasteiger partial charge in [-0.2, -0.15) is 0 Å². The Kier molecular flexibility index (Phi) is 8.80. The van der Waals surface area contributed by atoms with Crippen LogP contribution in [0.5, 0.6) is 0 Å². The Hall–Kier alpha value is -3.15. The number of esters is 2. The van der Waals surface area contributed by atoms with E-state index in [0.717, 1.165) is 11.1 Å². The molecule has 1 heterocycles. The molecule has 0 fully saturated rings. The van der Waals surface area contributed by atoms with Crippen molar-refractivity contribution in [1.29, 1.82) is 0 Å². The highest BCUT2D eigenvalue weighted by atomic mass is 16.5. The molecule has 0 saturated heterocycles. The van der Waals surface area contributed by atoms with E-state index in [2.05, 4.69) is 5.32 Å². The molecule has 0 aliphatic carbocycles. The Morgan fingerprint density at radius 2 is 1.45 bits per heavy atom. The maximum Gasteiger partial charge on any atom is 0.336 e. The maximum absolute atomic E-state index is 13.0. The highest BCUT2D eigenvalue weighted by molar-refractivity contribution is 6.00. The maximum atomic E-state index is 13.0. The average molecular weight is 454 g/mol. The number of benzene rings is 1. The molecule has 0 amide bonds. The third-order valence-electron chi connectivity index (χ3n) is 5.21. The number of dihydropyridines is 1. The van der Waals surface area contributed by atoms with Crippen LogP contribution in [-0.4, -0.2) is 30.9 Å². The lowest BCUT2D eigenvalue weighted by Gasteiger charge is -2.31.